The molecule has 2 unspecified atom stereocenters. The van der Waals surface area contributed by atoms with E-state index >= 15 is 0 Å². The summed E-state index contributed by atoms with van der Waals surface area (Å²) in [7, 11) is 0. The zero-order valence-electron chi connectivity index (χ0n) is 10.2. The number of aliphatic hydroxyl groups excluding tert-OH is 1. The third-order valence-corrected chi connectivity index (χ3v) is 3.01. The lowest BCUT2D eigenvalue weighted by Gasteiger charge is -2.10. The van der Waals surface area contributed by atoms with E-state index in [1.807, 2.05) is 0 Å². The normalized spacial score (nSPS) is 21.7. The first-order valence-electron chi connectivity index (χ1n) is 6.21. The summed E-state index contributed by atoms with van der Waals surface area (Å²) >= 11 is 0. The van der Waals surface area contributed by atoms with Crippen molar-refractivity contribution in [1.29, 1.82) is 0 Å². The van der Waals surface area contributed by atoms with Crippen LogP contribution in [-0.4, -0.2) is 23.8 Å². The molecule has 0 aromatic carbocycles. The lowest BCUT2D eigenvalue weighted by Crippen LogP contribution is -2.17. The number of ether oxygens (including phenoxy) is 1. The van der Waals surface area contributed by atoms with Crippen molar-refractivity contribution >= 4 is 5.97 Å². The van der Waals surface area contributed by atoms with Crippen molar-refractivity contribution in [3.05, 3.63) is 11.6 Å². The lowest BCUT2D eigenvalue weighted by molar-refractivity contribution is -0.144. The Morgan fingerprint density at radius 3 is 3.00 bits per heavy atom. The van der Waals surface area contributed by atoms with Gasteiger partial charge in [-0.3, -0.25) is 4.79 Å². The molecule has 92 valence electrons. The Labute approximate surface area is 97.5 Å². The summed E-state index contributed by atoms with van der Waals surface area (Å²) in [6, 6.07) is 0. The van der Waals surface area contributed by atoms with Gasteiger partial charge < -0.3 is 9.84 Å². The van der Waals surface area contributed by atoms with Crippen LogP contribution < -0.4 is 0 Å². The second-order valence-corrected chi connectivity index (χ2v) is 4.35. The SMILES string of the molecule is CCCC1C=C(C(O)CC(=O)OCC)CC1. The summed E-state index contributed by atoms with van der Waals surface area (Å²) in [5, 5.41) is 9.86. The van der Waals surface area contributed by atoms with Crippen LogP contribution in [0.5, 0.6) is 0 Å². The highest BCUT2D eigenvalue weighted by atomic mass is 16.5. The van der Waals surface area contributed by atoms with Crippen LogP contribution in [0.2, 0.25) is 0 Å². The Kier molecular flexibility index (Phi) is 5.53. The maximum absolute atomic E-state index is 11.2. The number of carbonyl (C=O) groups is 1. The number of carbonyl (C=O) groups excluding carboxylic acids is 1. The number of rotatable bonds is 6. The van der Waals surface area contributed by atoms with Gasteiger partial charge in [-0.2, -0.15) is 0 Å². The molecule has 16 heavy (non-hydrogen) atoms. The zero-order chi connectivity index (χ0) is 12.0. The fraction of sp³-hybridized carbons (Fsp3) is 0.769. The van der Waals surface area contributed by atoms with Gasteiger partial charge in [-0.25, -0.2) is 0 Å². The topological polar surface area (TPSA) is 46.5 Å². The molecule has 1 aliphatic rings. The quantitative estimate of drug-likeness (QED) is 0.559. The van der Waals surface area contributed by atoms with Crippen molar-refractivity contribution in [1.82, 2.24) is 0 Å². The van der Waals surface area contributed by atoms with Crippen LogP contribution in [-0.2, 0) is 9.53 Å². The molecule has 0 heterocycles. The Balaban J connectivity index is 2.39. The molecule has 3 heteroatoms. The molecule has 0 aromatic heterocycles. The Bertz CT molecular complexity index is 258. The van der Waals surface area contributed by atoms with E-state index in [1.54, 1.807) is 6.92 Å². The average molecular weight is 226 g/mol. The van der Waals surface area contributed by atoms with Gasteiger partial charge in [-0.1, -0.05) is 19.4 Å². The zero-order valence-corrected chi connectivity index (χ0v) is 10.2. The monoisotopic (exact) mass is 226 g/mol. The van der Waals surface area contributed by atoms with E-state index in [0.29, 0.717) is 12.5 Å². The van der Waals surface area contributed by atoms with Crippen molar-refractivity contribution < 1.29 is 14.6 Å². The van der Waals surface area contributed by atoms with Gasteiger partial charge in [0.05, 0.1) is 19.1 Å². The second-order valence-electron chi connectivity index (χ2n) is 4.35. The highest BCUT2D eigenvalue weighted by Gasteiger charge is 2.22. The predicted octanol–water partition coefficient (Wildman–Crippen LogP) is 2.44. The molecule has 1 N–H and O–H groups in total. The summed E-state index contributed by atoms with van der Waals surface area (Å²) in [5.41, 5.74) is 1.02. The van der Waals surface area contributed by atoms with Crippen LogP contribution in [0.15, 0.2) is 11.6 Å². The van der Waals surface area contributed by atoms with E-state index in [9.17, 15) is 9.90 Å². The van der Waals surface area contributed by atoms with Crippen LogP contribution in [0, 0.1) is 5.92 Å². The molecular formula is C13H22O3. The third-order valence-electron chi connectivity index (χ3n) is 3.01. The molecule has 0 aromatic rings. The maximum Gasteiger partial charge on any atom is 0.308 e. The van der Waals surface area contributed by atoms with Gasteiger partial charge >= 0.3 is 5.97 Å². The Morgan fingerprint density at radius 2 is 2.38 bits per heavy atom. The van der Waals surface area contributed by atoms with Gasteiger partial charge in [0, 0.05) is 0 Å². The number of esters is 1. The van der Waals surface area contributed by atoms with E-state index in [-0.39, 0.29) is 12.4 Å². The van der Waals surface area contributed by atoms with Gasteiger partial charge in [-0.15, -0.1) is 0 Å². The smallest absolute Gasteiger partial charge is 0.308 e. The average Bonchev–Trinajstić information content (AvgIpc) is 2.67. The highest BCUT2D eigenvalue weighted by molar-refractivity contribution is 5.70. The number of hydrogen-bond acceptors (Lipinski definition) is 3. The van der Waals surface area contributed by atoms with Crippen molar-refractivity contribution in [2.45, 2.75) is 52.1 Å². The predicted molar refractivity (Wildman–Crippen MR) is 63.0 cm³/mol. The number of allylic oxidation sites excluding steroid dienone is 1. The second kappa shape index (κ2) is 6.69. The first-order chi connectivity index (χ1) is 7.67. The van der Waals surface area contributed by atoms with Crippen LogP contribution in [0.3, 0.4) is 0 Å². The summed E-state index contributed by atoms with van der Waals surface area (Å²) in [6.07, 6.45) is 5.99. The first-order valence-corrected chi connectivity index (χ1v) is 6.21. The minimum Gasteiger partial charge on any atom is -0.466 e. The standard InChI is InChI=1S/C13H22O3/c1-3-5-10-6-7-11(8-10)12(14)9-13(15)16-4-2/h8,10,12,14H,3-7,9H2,1-2H3. The Hall–Kier alpha value is -0.830. The molecule has 0 saturated heterocycles. The summed E-state index contributed by atoms with van der Waals surface area (Å²) in [6.45, 7) is 4.32. The van der Waals surface area contributed by atoms with Crippen LogP contribution in [0.25, 0.3) is 0 Å². The molecule has 2 atom stereocenters. The molecular weight excluding hydrogens is 204 g/mol. The van der Waals surface area contributed by atoms with Crippen LogP contribution in [0.1, 0.15) is 46.0 Å². The van der Waals surface area contributed by atoms with E-state index < -0.39 is 6.10 Å². The molecule has 0 spiro atoms. The first kappa shape index (κ1) is 13.2. The van der Waals surface area contributed by atoms with Crippen LogP contribution >= 0.6 is 0 Å². The fourth-order valence-electron chi connectivity index (χ4n) is 2.21. The van der Waals surface area contributed by atoms with E-state index in [2.05, 4.69) is 13.0 Å². The lowest BCUT2D eigenvalue weighted by atomic mass is 10.0. The molecule has 0 aliphatic heterocycles. The molecule has 0 bridgehead atoms. The molecule has 0 amide bonds. The largest absolute Gasteiger partial charge is 0.466 e. The van der Waals surface area contributed by atoms with E-state index in [1.165, 1.54) is 12.8 Å². The summed E-state index contributed by atoms with van der Waals surface area (Å²) in [4.78, 5) is 11.2. The Morgan fingerprint density at radius 1 is 1.62 bits per heavy atom. The molecule has 1 rings (SSSR count). The van der Waals surface area contributed by atoms with Gasteiger partial charge in [0.1, 0.15) is 0 Å². The molecule has 3 nitrogen and oxygen atoms in total. The van der Waals surface area contributed by atoms with Gasteiger partial charge in [0.2, 0.25) is 0 Å². The fourth-order valence-corrected chi connectivity index (χ4v) is 2.21. The third kappa shape index (κ3) is 3.97. The van der Waals surface area contributed by atoms with E-state index in [0.717, 1.165) is 18.4 Å². The van der Waals surface area contributed by atoms with Crippen molar-refractivity contribution in [2.24, 2.45) is 5.92 Å². The van der Waals surface area contributed by atoms with Gasteiger partial charge in [0.25, 0.3) is 0 Å². The summed E-state index contributed by atoms with van der Waals surface area (Å²) < 4.78 is 4.82. The van der Waals surface area contributed by atoms with Crippen molar-refractivity contribution in [3.63, 3.8) is 0 Å². The summed E-state index contributed by atoms with van der Waals surface area (Å²) in [5.74, 6) is 0.284. The van der Waals surface area contributed by atoms with Crippen molar-refractivity contribution in [3.8, 4) is 0 Å². The molecule has 0 saturated carbocycles. The van der Waals surface area contributed by atoms with Gasteiger partial charge in [0.15, 0.2) is 0 Å². The van der Waals surface area contributed by atoms with Crippen molar-refractivity contribution in [2.75, 3.05) is 6.61 Å². The highest BCUT2D eigenvalue weighted by Crippen LogP contribution is 2.30. The molecule has 0 fully saturated rings. The van der Waals surface area contributed by atoms with E-state index in [4.69, 9.17) is 4.74 Å². The minimum absolute atomic E-state index is 0.0958. The molecule has 1 aliphatic carbocycles. The number of aliphatic hydroxyl groups is 1. The number of hydrogen-bond donors (Lipinski definition) is 1. The van der Waals surface area contributed by atoms with Gasteiger partial charge in [-0.05, 0) is 37.7 Å². The minimum atomic E-state index is -0.638. The maximum atomic E-state index is 11.2. The van der Waals surface area contributed by atoms with Crippen LogP contribution in [0.4, 0.5) is 0 Å². The molecule has 0 radical (unpaired) electrons.